The standard InChI is InChI=1S/C25H25NO5S/c1-29-19-9-11-20(12-10-19)31-14-22(27)26-24-23(25(28)30-2)21(15-32-24)18-8-7-16-5-3-4-6-17(16)13-18/h7-13,15H,3-6,14H2,1-2H3,(H,26,27). The van der Waals surface area contributed by atoms with Crippen LogP contribution in [-0.4, -0.2) is 32.7 Å². The van der Waals surface area contributed by atoms with Gasteiger partial charge >= 0.3 is 5.97 Å². The van der Waals surface area contributed by atoms with Crippen LogP contribution in [0.1, 0.15) is 34.3 Å². The Hall–Kier alpha value is -3.32. The van der Waals surface area contributed by atoms with Crippen LogP contribution < -0.4 is 14.8 Å². The summed E-state index contributed by atoms with van der Waals surface area (Å²) in [6.45, 7) is -0.182. The summed E-state index contributed by atoms with van der Waals surface area (Å²) in [4.78, 5) is 25.1. The highest BCUT2D eigenvalue weighted by Crippen LogP contribution is 2.37. The van der Waals surface area contributed by atoms with Gasteiger partial charge in [0.15, 0.2) is 6.61 Å². The highest BCUT2D eigenvalue weighted by Gasteiger charge is 2.23. The number of aryl methyl sites for hydroxylation is 2. The Morgan fingerprint density at radius 3 is 2.41 bits per heavy atom. The molecular formula is C25H25NO5S. The third kappa shape index (κ3) is 4.78. The first-order valence-corrected chi connectivity index (χ1v) is 11.4. The molecule has 0 saturated carbocycles. The molecule has 0 atom stereocenters. The van der Waals surface area contributed by atoms with Gasteiger partial charge in [-0.3, -0.25) is 4.79 Å². The molecule has 2 aromatic carbocycles. The largest absolute Gasteiger partial charge is 0.497 e. The Balaban J connectivity index is 1.52. The number of carbonyl (C=O) groups is 2. The van der Waals surface area contributed by atoms with Gasteiger partial charge < -0.3 is 19.5 Å². The number of fused-ring (bicyclic) bond motifs is 1. The van der Waals surface area contributed by atoms with Crippen molar-refractivity contribution in [2.45, 2.75) is 25.7 Å². The van der Waals surface area contributed by atoms with Crippen molar-refractivity contribution in [1.82, 2.24) is 0 Å². The molecule has 3 aromatic rings. The molecule has 32 heavy (non-hydrogen) atoms. The molecule has 1 amide bonds. The zero-order valence-corrected chi connectivity index (χ0v) is 18.9. The summed E-state index contributed by atoms with van der Waals surface area (Å²) in [5.74, 6) is 0.419. The second-order valence-electron chi connectivity index (χ2n) is 7.55. The van der Waals surface area contributed by atoms with Gasteiger partial charge in [-0.2, -0.15) is 0 Å². The van der Waals surface area contributed by atoms with Gasteiger partial charge in [-0.15, -0.1) is 11.3 Å². The van der Waals surface area contributed by atoms with Crippen molar-refractivity contribution < 1.29 is 23.8 Å². The second kappa shape index (κ2) is 9.87. The molecule has 0 unspecified atom stereocenters. The molecule has 4 rings (SSSR count). The smallest absolute Gasteiger partial charge is 0.341 e. The third-order valence-corrected chi connectivity index (χ3v) is 6.42. The number of ether oxygens (including phenoxy) is 3. The van der Waals surface area contributed by atoms with E-state index in [1.54, 1.807) is 31.4 Å². The van der Waals surface area contributed by atoms with Gasteiger partial charge in [0, 0.05) is 10.9 Å². The monoisotopic (exact) mass is 451 g/mol. The number of thiophene rings is 1. The lowest BCUT2D eigenvalue weighted by Gasteiger charge is -2.16. The van der Waals surface area contributed by atoms with Crippen LogP contribution >= 0.6 is 11.3 Å². The van der Waals surface area contributed by atoms with Crippen LogP contribution in [0.5, 0.6) is 11.5 Å². The molecular weight excluding hydrogens is 426 g/mol. The van der Waals surface area contributed by atoms with E-state index in [4.69, 9.17) is 14.2 Å². The van der Waals surface area contributed by atoms with Gasteiger partial charge in [0.05, 0.1) is 14.2 Å². The molecule has 1 aliphatic rings. The van der Waals surface area contributed by atoms with E-state index in [0.717, 1.165) is 24.0 Å². The first-order valence-electron chi connectivity index (χ1n) is 10.5. The average molecular weight is 452 g/mol. The minimum Gasteiger partial charge on any atom is -0.497 e. The maximum absolute atomic E-state index is 12.6. The van der Waals surface area contributed by atoms with E-state index in [-0.39, 0.29) is 12.5 Å². The Morgan fingerprint density at radius 1 is 0.969 bits per heavy atom. The summed E-state index contributed by atoms with van der Waals surface area (Å²) < 4.78 is 15.7. The summed E-state index contributed by atoms with van der Waals surface area (Å²) in [6, 6.07) is 13.3. The number of nitrogens with one attached hydrogen (secondary N) is 1. The Kier molecular flexibility index (Phi) is 6.75. The van der Waals surface area contributed by atoms with E-state index < -0.39 is 5.97 Å². The van der Waals surface area contributed by atoms with Gasteiger partial charge in [0.25, 0.3) is 5.91 Å². The fraction of sp³-hybridized carbons (Fsp3) is 0.280. The number of methoxy groups -OCH3 is 2. The van der Waals surface area contributed by atoms with E-state index >= 15 is 0 Å². The SMILES string of the molecule is COC(=O)c1c(-c2ccc3c(c2)CCCC3)csc1NC(=O)COc1ccc(OC)cc1. The van der Waals surface area contributed by atoms with Crippen molar-refractivity contribution >= 4 is 28.2 Å². The molecule has 0 spiro atoms. The number of hydrogen-bond acceptors (Lipinski definition) is 6. The predicted octanol–water partition coefficient (Wildman–Crippen LogP) is 5.11. The van der Waals surface area contributed by atoms with Gasteiger partial charge in [-0.1, -0.05) is 18.2 Å². The Morgan fingerprint density at radius 2 is 1.69 bits per heavy atom. The zero-order chi connectivity index (χ0) is 22.5. The zero-order valence-electron chi connectivity index (χ0n) is 18.1. The summed E-state index contributed by atoms with van der Waals surface area (Å²) in [5.41, 5.74) is 4.79. The lowest BCUT2D eigenvalue weighted by Crippen LogP contribution is -2.21. The molecule has 0 radical (unpaired) electrons. The van der Waals surface area contributed by atoms with Gasteiger partial charge in [-0.05, 0) is 66.6 Å². The molecule has 0 bridgehead atoms. The summed E-state index contributed by atoms with van der Waals surface area (Å²) >= 11 is 1.30. The first kappa shape index (κ1) is 21.9. The van der Waals surface area contributed by atoms with Crippen molar-refractivity contribution in [1.29, 1.82) is 0 Å². The number of amides is 1. The van der Waals surface area contributed by atoms with Gasteiger partial charge in [0.2, 0.25) is 0 Å². The molecule has 0 saturated heterocycles. The van der Waals surface area contributed by atoms with E-state index in [0.29, 0.717) is 22.1 Å². The van der Waals surface area contributed by atoms with Crippen molar-refractivity contribution in [3.05, 3.63) is 64.5 Å². The molecule has 1 aromatic heterocycles. The molecule has 0 aliphatic heterocycles. The van der Waals surface area contributed by atoms with E-state index in [1.807, 2.05) is 11.4 Å². The number of esters is 1. The highest BCUT2D eigenvalue weighted by molar-refractivity contribution is 7.15. The van der Waals surface area contributed by atoms with E-state index in [9.17, 15) is 9.59 Å². The fourth-order valence-electron chi connectivity index (χ4n) is 3.85. The minimum absolute atomic E-state index is 0.182. The molecule has 0 fully saturated rings. The maximum atomic E-state index is 12.6. The van der Waals surface area contributed by atoms with Crippen LogP contribution in [-0.2, 0) is 22.4 Å². The van der Waals surface area contributed by atoms with Gasteiger partial charge in [0.1, 0.15) is 22.1 Å². The van der Waals surface area contributed by atoms with Crippen LogP contribution in [0, 0.1) is 0 Å². The Bertz CT molecular complexity index is 1120. The molecule has 6 nitrogen and oxygen atoms in total. The molecule has 1 heterocycles. The summed E-state index contributed by atoms with van der Waals surface area (Å²) in [5, 5.41) is 5.14. The average Bonchev–Trinajstić information content (AvgIpc) is 3.25. The Labute approximate surface area is 191 Å². The van der Waals surface area contributed by atoms with Crippen LogP contribution in [0.25, 0.3) is 11.1 Å². The third-order valence-electron chi connectivity index (χ3n) is 5.52. The second-order valence-corrected chi connectivity index (χ2v) is 8.43. The van der Waals surface area contributed by atoms with Crippen molar-refractivity contribution in [3.8, 4) is 22.6 Å². The first-order chi connectivity index (χ1) is 15.6. The quantitative estimate of drug-likeness (QED) is 0.506. The number of rotatable bonds is 7. The van der Waals surface area contributed by atoms with Crippen LogP contribution in [0.15, 0.2) is 47.8 Å². The van der Waals surface area contributed by atoms with Crippen LogP contribution in [0.2, 0.25) is 0 Å². The fourth-order valence-corrected chi connectivity index (χ4v) is 4.83. The summed E-state index contributed by atoms with van der Waals surface area (Å²) in [7, 11) is 2.93. The summed E-state index contributed by atoms with van der Waals surface area (Å²) in [6.07, 6.45) is 4.54. The van der Waals surface area contributed by atoms with Crippen LogP contribution in [0.3, 0.4) is 0 Å². The number of carbonyl (C=O) groups excluding carboxylic acids is 2. The van der Waals surface area contributed by atoms with Crippen LogP contribution in [0.4, 0.5) is 5.00 Å². The minimum atomic E-state index is -0.481. The van der Waals surface area contributed by atoms with Crippen molar-refractivity contribution in [3.63, 3.8) is 0 Å². The normalized spacial score (nSPS) is 12.6. The molecule has 7 heteroatoms. The number of anilines is 1. The van der Waals surface area contributed by atoms with Crippen molar-refractivity contribution in [2.75, 3.05) is 26.1 Å². The number of hydrogen-bond donors (Lipinski definition) is 1. The topological polar surface area (TPSA) is 73.9 Å². The molecule has 1 aliphatic carbocycles. The number of benzene rings is 2. The van der Waals surface area contributed by atoms with Crippen molar-refractivity contribution in [2.24, 2.45) is 0 Å². The van der Waals surface area contributed by atoms with E-state index in [2.05, 4.69) is 17.4 Å². The maximum Gasteiger partial charge on any atom is 0.341 e. The lowest BCUT2D eigenvalue weighted by molar-refractivity contribution is -0.118. The van der Waals surface area contributed by atoms with Gasteiger partial charge in [-0.25, -0.2) is 4.79 Å². The predicted molar refractivity (Wildman–Crippen MR) is 125 cm³/mol. The lowest BCUT2D eigenvalue weighted by atomic mass is 9.89. The molecule has 166 valence electrons. The molecule has 1 N–H and O–H groups in total. The highest BCUT2D eigenvalue weighted by atomic mass is 32.1. The van der Waals surface area contributed by atoms with E-state index in [1.165, 1.54) is 42.4 Å².